The van der Waals surface area contributed by atoms with E-state index in [2.05, 4.69) is 20.6 Å². The summed E-state index contributed by atoms with van der Waals surface area (Å²) < 4.78 is 35.2. The van der Waals surface area contributed by atoms with Crippen molar-refractivity contribution >= 4 is 22.8 Å². The topological polar surface area (TPSA) is 84.8 Å². The first-order valence-electron chi connectivity index (χ1n) is 7.06. The van der Waals surface area contributed by atoms with Crippen LogP contribution in [0.3, 0.4) is 0 Å². The molecular weight excluding hydrogens is 320 g/mol. The van der Waals surface area contributed by atoms with Gasteiger partial charge in [-0.3, -0.25) is 9.89 Å². The number of hydrogen-bond donors (Lipinski definition) is 2. The smallest absolute Gasteiger partial charge is 0.350 e. The van der Waals surface area contributed by atoms with E-state index in [9.17, 15) is 13.6 Å². The van der Waals surface area contributed by atoms with Gasteiger partial charge in [-0.2, -0.15) is 19.0 Å². The molecule has 0 saturated carbocycles. The first kappa shape index (κ1) is 15.9. The molecule has 0 aliphatic rings. The number of halogens is 2. The number of anilines is 1. The molecule has 2 aromatic heterocycles. The molecule has 0 radical (unpaired) electrons. The molecule has 24 heavy (non-hydrogen) atoms. The summed E-state index contributed by atoms with van der Waals surface area (Å²) in [4.78, 5) is 12.1. The van der Waals surface area contributed by atoms with E-state index >= 15 is 0 Å². The SMILES string of the molecule is COc1ccc(C(F)(F)C(=O)Nc2[nH]nc3c2c(C)nn3C)cc1. The Morgan fingerprint density at radius 3 is 2.62 bits per heavy atom. The first-order chi connectivity index (χ1) is 11.3. The number of methoxy groups -OCH3 is 1. The molecular formula is C15H15F2N5O2. The Morgan fingerprint density at radius 2 is 2.00 bits per heavy atom. The molecule has 9 heteroatoms. The molecule has 3 rings (SSSR count). The number of benzene rings is 1. The molecule has 0 saturated heterocycles. The molecule has 0 fully saturated rings. The third-order valence-corrected chi connectivity index (χ3v) is 3.69. The Bertz CT molecular complexity index is 899. The second-order valence-corrected chi connectivity index (χ2v) is 5.26. The Hall–Kier alpha value is -2.97. The second kappa shape index (κ2) is 5.59. The molecule has 0 aliphatic heterocycles. The number of nitrogens with one attached hydrogen (secondary N) is 2. The highest BCUT2D eigenvalue weighted by molar-refractivity contribution is 6.02. The standard InChI is InChI=1S/C15H15F2N5O2/c1-8-11-12(19-20-13(11)22(2)21-8)18-14(23)15(16,17)9-4-6-10(24-3)7-5-9/h4-7H,1-3H3,(H2,18,19,20,23). The van der Waals surface area contributed by atoms with Crippen molar-refractivity contribution in [2.24, 2.45) is 7.05 Å². The van der Waals surface area contributed by atoms with E-state index in [0.29, 0.717) is 22.5 Å². The summed E-state index contributed by atoms with van der Waals surface area (Å²) in [7, 11) is 3.10. The molecule has 2 N–H and O–H groups in total. The number of H-pyrrole nitrogens is 1. The maximum Gasteiger partial charge on any atom is 0.350 e. The molecule has 0 spiro atoms. The molecule has 3 aromatic rings. The van der Waals surface area contributed by atoms with Crippen LogP contribution in [0.25, 0.3) is 11.0 Å². The Labute approximate surface area is 135 Å². The molecule has 7 nitrogen and oxygen atoms in total. The van der Waals surface area contributed by atoms with Gasteiger partial charge in [-0.15, -0.1) is 0 Å². The zero-order valence-corrected chi connectivity index (χ0v) is 13.2. The van der Waals surface area contributed by atoms with Crippen molar-refractivity contribution in [3.05, 3.63) is 35.5 Å². The molecule has 1 aromatic carbocycles. The van der Waals surface area contributed by atoms with Crippen LogP contribution < -0.4 is 10.1 Å². The van der Waals surface area contributed by atoms with Crippen LogP contribution in [-0.4, -0.2) is 33.0 Å². The predicted molar refractivity (Wildman–Crippen MR) is 83.1 cm³/mol. The molecule has 0 aliphatic carbocycles. The van der Waals surface area contributed by atoms with Crippen LogP contribution in [-0.2, 0) is 17.8 Å². The van der Waals surface area contributed by atoms with Gasteiger partial charge < -0.3 is 10.1 Å². The van der Waals surface area contributed by atoms with Gasteiger partial charge in [0.15, 0.2) is 5.65 Å². The van der Waals surface area contributed by atoms with Crippen molar-refractivity contribution in [1.82, 2.24) is 20.0 Å². The Balaban J connectivity index is 1.89. The van der Waals surface area contributed by atoms with E-state index in [4.69, 9.17) is 4.74 Å². The third-order valence-electron chi connectivity index (χ3n) is 3.69. The maximum absolute atomic E-state index is 14.4. The summed E-state index contributed by atoms with van der Waals surface area (Å²) >= 11 is 0. The van der Waals surface area contributed by atoms with Crippen molar-refractivity contribution in [2.45, 2.75) is 12.8 Å². The highest BCUT2D eigenvalue weighted by atomic mass is 19.3. The van der Waals surface area contributed by atoms with Crippen LogP contribution in [0.15, 0.2) is 24.3 Å². The summed E-state index contributed by atoms with van der Waals surface area (Å²) in [5.74, 6) is -4.65. The number of carbonyl (C=O) groups is 1. The zero-order chi connectivity index (χ0) is 17.5. The van der Waals surface area contributed by atoms with Crippen molar-refractivity contribution < 1.29 is 18.3 Å². The van der Waals surface area contributed by atoms with Crippen molar-refractivity contribution in [1.29, 1.82) is 0 Å². The van der Waals surface area contributed by atoms with Gasteiger partial charge in [-0.1, -0.05) is 0 Å². The number of aromatic amines is 1. The molecule has 126 valence electrons. The monoisotopic (exact) mass is 335 g/mol. The van der Waals surface area contributed by atoms with Gasteiger partial charge in [0.25, 0.3) is 0 Å². The van der Waals surface area contributed by atoms with Crippen molar-refractivity contribution in [2.75, 3.05) is 12.4 Å². The summed E-state index contributed by atoms with van der Waals surface area (Å²) in [5.41, 5.74) is 0.611. The van der Waals surface area contributed by atoms with Crippen molar-refractivity contribution in [3.8, 4) is 5.75 Å². The number of aryl methyl sites for hydroxylation is 2. The number of carbonyl (C=O) groups excluding carboxylic acids is 1. The number of fused-ring (bicyclic) bond motifs is 1. The summed E-state index contributed by atoms with van der Waals surface area (Å²) in [6.07, 6.45) is 0. The Kier molecular flexibility index (Phi) is 3.70. The number of rotatable bonds is 4. The quantitative estimate of drug-likeness (QED) is 0.766. The number of aromatic nitrogens is 4. The summed E-state index contributed by atoms with van der Waals surface area (Å²) in [5, 5.41) is 13.4. The van der Waals surface area contributed by atoms with Crippen LogP contribution in [0.5, 0.6) is 5.75 Å². The van der Waals surface area contributed by atoms with E-state index in [1.807, 2.05) is 0 Å². The van der Waals surface area contributed by atoms with E-state index in [0.717, 1.165) is 12.1 Å². The first-order valence-corrected chi connectivity index (χ1v) is 7.06. The lowest BCUT2D eigenvalue weighted by Gasteiger charge is -2.16. The van der Waals surface area contributed by atoms with Gasteiger partial charge in [0.2, 0.25) is 0 Å². The lowest BCUT2D eigenvalue weighted by atomic mass is 10.1. The summed E-state index contributed by atoms with van der Waals surface area (Å²) in [6, 6.07) is 5.04. The fourth-order valence-corrected chi connectivity index (χ4v) is 2.45. The number of alkyl halides is 2. The lowest BCUT2D eigenvalue weighted by Crippen LogP contribution is -2.32. The number of ether oxygens (including phenoxy) is 1. The second-order valence-electron chi connectivity index (χ2n) is 5.26. The van der Waals surface area contributed by atoms with Crippen molar-refractivity contribution in [3.63, 3.8) is 0 Å². The third kappa shape index (κ3) is 2.47. The largest absolute Gasteiger partial charge is 0.497 e. The molecule has 0 bridgehead atoms. The van der Waals surface area contributed by atoms with Crippen LogP contribution in [0.2, 0.25) is 0 Å². The van der Waals surface area contributed by atoms with E-state index in [-0.39, 0.29) is 5.82 Å². The van der Waals surface area contributed by atoms with Crippen LogP contribution in [0.4, 0.5) is 14.6 Å². The maximum atomic E-state index is 14.4. The average molecular weight is 335 g/mol. The zero-order valence-electron chi connectivity index (χ0n) is 13.2. The number of hydrogen-bond acceptors (Lipinski definition) is 4. The van der Waals surface area contributed by atoms with Gasteiger partial charge in [0.05, 0.1) is 18.2 Å². The number of amides is 1. The number of nitrogens with zero attached hydrogens (tertiary/aromatic N) is 3. The molecule has 2 heterocycles. The summed E-state index contributed by atoms with van der Waals surface area (Å²) in [6.45, 7) is 1.70. The minimum absolute atomic E-state index is 0.0915. The molecule has 1 amide bonds. The van der Waals surface area contributed by atoms with Gasteiger partial charge in [0, 0.05) is 12.6 Å². The fourth-order valence-electron chi connectivity index (χ4n) is 2.45. The van der Waals surface area contributed by atoms with Gasteiger partial charge in [0.1, 0.15) is 11.6 Å². The normalized spacial score (nSPS) is 11.7. The van der Waals surface area contributed by atoms with E-state index < -0.39 is 17.4 Å². The van der Waals surface area contributed by atoms with Crippen LogP contribution >= 0.6 is 0 Å². The van der Waals surface area contributed by atoms with E-state index in [1.165, 1.54) is 23.9 Å². The highest BCUT2D eigenvalue weighted by Gasteiger charge is 2.41. The average Bonchev–Trinajstić information content (AvgIpc) is 3.10. The molecule has 0 atom stereocenters. The minimum Gasteiger partial charge on any atom is -0.497 e. The fraction of sp³-hybridized carbons (Fsp3) is 0.267. The molecule has 0 unspecified atom stereocenters. The highest BCUT2D eigenvalue weighted by Crippen LogP contribution is 2.32. The Morgan fingerprint density at radius 1 is 1.33 bits per heavy atom. The predicted octanol–water partition coefficient (Wildman–Crippen LogP) is 2.34. The lowest BCUT2D eigenvalue weighted by molar-refractivity contribution is -0.140. The minimum atomic E-state index is -3.71. The van der Waals surface area contributed by atoms with Gasteiger partial charge >= 0.3 is 11.8 Å². The van der Waals surface area contributed by atoms with Gasteiger partial charge in [-0.25, -0.2) is 4.68 Å². The van der Waals surface area contributed by atoms with Gasteiger partial charge in [-0.05, 0) is 31.2 Å². The van der Waals surface area contributed by atoms with E-state index in [1.54, 1.807) is 14.0 Å². The van der Waals surface area contributed by atoms with Crippen LogP contribution in [0, 0.1) is 6.92 Å². The van der Waals surface area contributed by atoms with Crippen LogP contribution in [0.1, 0.15) is 11.3 Å².